The first kappa shape index (κ1) is 21.8. The largest absolute Gasteiger partial charge is 0.494 e. The quantitative estimate of drug-likeness (QED) is 0.436. The van der Waals surface area contributed by atoms with E-state index >= 15 is 0 Å². The molecule has 0 aromatic heterocycles. The summed E-state index contributed by atoms with van der Waals surface area (Å²) in [6.07, 6.45) is 6.04. The number of carbonyl (C=O) groups excluding carboxylic acids is 1. The highest BCUT2D eigenvalue weighted by atomic mass is 16.5. The molecule has 0 spiro atoms. The fourth-order valence-electron chi connectivity index (χ4n) is 2.75. The molecule has 0 aliphatic rings. The van der Waals surface area contributed by atoms with Crippen LogP contribution in [0.15, 0.2) is 48.5 Å². The Labute approximate surface area is 169 Å². The van der Waals surface area contributed by atoms with E-state index in [2.05, 4.69) is 26.1 Å². The number of nitrogens with one attached hydrogen (secondary N) is 1. The number of anilines is 1. The number of rotatable bonds is 12. The van der Waals surface area contributed by atoms with Gasteiger partial charge in [-0.1, -0.05) is 58.6 Å². The number of unbranched alkanes of at least 4 members (excludes halogenated alkanes) is 4. The Morgan fingerprint density at radius 2 is 1.64 bits per heavy atom. The number of carbonyl (C=O) groups is 1. The summed E-state index contributed by atoms with van der Waals surface area (Å²) in [4.78, 5) is 12.6. The zero-order valence-corrected chi connectivity index (χ0v) is 17.4. The molecule has 0 saturated heterocycles. The topological polar surface area (TPSA) is 47.6 Å². The van der Waals surface area contributed by atoms with Crippen LogP contribution in [0.4, 0.5) is 5.69 Å². The second-order valence-electron chi connectivity index (χ2n) is 7.48. The van der Waals surface area contributed by atoms with E-state index in [9.17, 15) is 4.79 Å². The van der Waals surface area contributed by atoms with Crippen LogP contribution in [0.1, 0.15) is 63.2 Å². The van der Waals surface area contributed by atoms with Crippen molar-refractivity contribution in [2.24, 2.45) is 5.92 Å². The highest BCUT2D eigenvalue weighted by Crippen LogP contribution is 2.20. The molecule has 4 heteroatoms. The highest BCUT2D eigenvalue weighted by molar-refractivity contribution is 6.04. The van der Waals surface area contributed by atoms with Gasteiger partial charge in [-0.05, 0) is 42.7 Å². The summed E-state index contributed by atoms with van der Waals surface area (Å²) in [5.41, 5.74) is 1.30. The molecule has 2 aromatic rings. The molecule has 4 nitrogen and oxygen atoms in total. The lowest BCUT2D eigenvalue weighted by Gasteiger charge is -2.11. The van der Waals surface area contributed by atoms with Crippen LogP contribution in [-0.2, 0) is 0 Å². The van der Waals surface area contributed by atoms with Crippen LogP contribution in [0.3, 0.4) is 0 Å². The number of benzene rings is 2. The number of hydrogen-bond donors (Lipinski definition) is 1. The van der Waals surface area contributed by atoms with Crippen LogP contribution < -0.4 is 14.8 Å². The van der Waals surface area contributed by atoms with Gasteiger partial charge in [0, 0.05) is 17.3 Å². The van der Waals surface area contributed by atoms with Gasteiger partial charge in [0.1, 0.15) is 11.5 Å². The minimum absolute atomic E-state index is 0.160. The zero-order chi connectivity index (χ0) is 20.2. The average Bonchev–Trinajstić information content (AvgIpc) is 2.69. The molecule has 152 valence electrons. The van der Waals surface area contributed by atoms with E-state index in [0.29, 0.717) is 30.4 Å². The summed E-state index contributed by atoms with van der Waals surface area (Å²) >= 11 is 0. The summed E-state index contributed by atoms with van der Waals surface area (Å²) in [6, 6.07) is 14.8. The van der Waals surface area contributed by atoms with Crippen LogP contribution in [0.5, 0.6) is 11.5 Å². The van der Waals surface area contributed by atoms with Crippen LogP contribution in [0.25, 0.3) is 0 Å². The van der Waals surface area contributed by atoms with E-state index in [1.807, 2.05) is 36.4 Å². The molecule has 0 saturated carbocycles. The smallest absolute Gasteiger partial charge is 0.255 e. The summed E-state index contributed by atoms with van der Waals surface area (Å²) in [5.74, 6) is 1.77. The second-order valence-corrected chi connectivity index (χ2v) is 7.48. The first-order valence-corrected chi connectivity index (χ1v) is 10.4. The molecule has 0 fully saturated rings. The van der Waals surface area contributed by atoms with Crippen LogP contribution in [0, 0.1) is 5.92 Å². The Balaban J connectivity index is 1.87. The van der Waals surface area contributed by atoms with E-state index < -0.39 is 0 Å². The monoisotopic (exact) mass is 383 g/mol. The predicted molar refractivity (Wildman–Crippen MR) is 115 cm³/mol. The van der Waals surface area contributed by atoms with Crippen molar-refractivity contribution >= 4 is 11.6 Å². The highest BCUT2D eigenvalue weighted by Gasteiger charge is 2.08. The Morgan fingerprint density at radius 3 is 2.39 bits per heavy atom. The van der Waals surface area contributed by atoms with Crippen molar-refractivity contribution in [1.29, 1.82) is 0 Å². The van der Waals surface area contributed by atoms with Crippen molar-refractivity contribution in [1.82, 2.24) is 0 Å². The molecule has 1 N–H and O–H groups in total. The lowest BCUT2D eigenvalue weighted by atomic mass is 10.2. The first-order valence-electron chi connectivity index (χ1n) is 10.4. The van der Waals surface area contributed by atoms with Gasteiger partial charge in [0.15, 0.2) is 0 Å². The molecule has 0 aliphatic carbocycles. The first-order chi connectivity index (χ1) is 13.6. The van der Waals surface area contributed by atoms with E-state index in [1.165, 1.54) is 25.7 Å². The van der Waals surface area contributed by atoms with Gasteiger partial charge in [0.05, 0.1) is 13.2 Å². The van der Waals surface area contributed by atoms with Crippen molar-refractivity contribution in [2.75, 3.05) is 18.5 Å². The van der Waals surface area contributed by atoms with E-state index in [1.54, 1.807) is 12.1 Å². The molecule has 0 radical (unpaired) electrons. The van der Waals surface area contributed by atoms with Gasteiger partial charge in [-0.3, -0.25) is 4.79 Å². The van der Waals surface area contributed by atoms with Gasteiger partial charge in [0.25, 0.3) is 5.91 Å². The van der Waals surface area contributed by atoms with Gasteiger partial charge < -0.3 is 14.8 Å². The third kappa shape index (κ3) is 8.03. The van der Waals surface area contributed by atoms with Crippen LogP contribution in [0.2, 0.25) is 0 Å². The summed E-state index contributed by atoms with van der Waals surface area (Å²) in [7, 11) is 0. The van der Waals surface area contributed by atoms with Gasteiger partial charge in [0.2, 0.25) is 0 Å². The Morgan fingerprint density at radius 1 is 0.929 bits per heavy atom. The molecular weight excluding hydrogens is 350 g/mol. The molecule has 0 unspecified atom stereocenters. The average molecular weight is 384 g/mol. The van der Waals surface area contributed by atoms with Crippen LogP contribution in [-0.4, -0.2) is 19.1 Å². The molecule has 0 bridgehead atoms. The minimum atomic E-state index is -0.160. The summed E-state index contributed by atoms with van der Waals surface area (Å²) in [5, 5.41) is 2.93. The molecule has 28 heavy (non-hydrogen) atoms. The fraction of sp³-hybridized carbons (Fsp3) is 0.458. The Kier molecular flexibility index (Phi) is 9.40. The fourth-order valence-corrected chi connectivity index (χ4v) is 2.75. The SMILES string of the molecule is CCCCCCCOc1cccc(NC(=O)c2cccc(OCC(C)C)c2)c1. The van der Waals surface area contributed by atoms with Gasteiger partial charge in [-0.25, -0.2) is 0 Å². The third-order valence-electron chi connectivity index (χ3n) is 4.29. The summed E-state index contributed by atoms with van der Waals surface area (Å²) < 4.78 is 11.5. The van der Waals surface area contributed by atoms with Gasteiger partial charge in [-0.15, -0.1) is 0 Å². The molecular formula is C24H33NO3. The van der Waals surface area contributed by atoms with E-state index in [0.717, 1.165) is 17.9 Å². The number of amides is 1. The summed E-state index contributed by atoms with van der Waals surface area (Å²) in [6.45, 7) is 7.73. The molecule has 1 amide bonds. The van der Waals surface area contributed by atoms with Crippen molar-refractivity contribution < 1.29 is 14.3 Å². The molecule has 2 aromatic carbocycles. The number of hydrogen-bond acceptors (Lipinski definition) is 3. The third-order valence-corrected chi connectivity index (χ3v) is 4.29. The normalized spacial score (nSPS) is 10.7. The Hall–Kier alpha value is -2.49. The van der Waals surface area contributed by atoms with Crippen LogP contribution >= 0.6 is 0 Å². The van der Waals surface area contributed by atoms with E-state index in [-0.39, 0.29) is 5.91 Å². The maximum atomic E-state index is 12.6. The second kappa shape index (κ2) is 12.1. The lowest BCUT2D eigenvalue weighted by Crippen LogP contribution is -2.12. The maximum absolute atomic E-state index is 12.6. The Bertz CT molecular complexity index is 727. The molecule has 0 atom stereocenters. The van der Waals surface area contributed by atoms with Crippen molar-refractivity contribution in [3.05, 3.63) is 54.1 Å². The molecule has 0 aliphatic heterocycles. The van der Waals surface area contributed by atoms with Crippen molar-refractivity contribution in [3.63, 3.8) is 0 Å². The predicted octanol–water partition coefficient (Wildman–Crippen LogP) is 6.32. The van der Waals surface area contributed by atoms with Crippen molar-refractivity contribution in [3.8, 4) is 11.5 Å². The molecule has 2 rings (SSSR count). The standard InChI is InChI=1S/C24H33NO3/c1-4-5-6-7-8-15-27-23-14-10-12-21(17-23)25-24(26)20-11-9-13-22(16-20)28-18-19(2)3/h9-14,16-17,19H,4-8,15,18H2,1-3H3,(H,25,26). The minimum Gasteiger partial charge on any atom is -0.494 e. The lowest BCUT2D eigenvalue weighted by molar-refractivity contribution is 0.102. The zero-order valence-electron chi connectivity index (χ0n) is 17.4. The molecule has 0 heterocycles. The van der Waals surface area contributed by atoms with Gasteiger partial charge in [-0.2, -0.15) is 0 Å². The van der Waals surface area contributed by atoms with Crippen molar-refractivity contribution in [2.45, 2.75) is 52.9 Å². The van der Waals surface area contributed by atoms with E-state index in [4.69, 9.17) is 9.47 Å². The van der Waals surface area contributed by atoms with Gasteiger partial charge >= 0.3 is 0 Å². The number of ether oxygens (including phenoxy) is 2. The maximum Gasteiger partial charge on any atom is 0.255 e.